The number of nitrogens with zero attached hydrogens (tertiary/aromatic N) is 1. The highest BCUT2D eigenvalue weighted by molar-refractivity contribution is 7.93. The normalized spacial score (nSPS) is 15.6. The summed E-state index contributed by atoms with van der Waals surface area (Å²) in [4.78, 5) is 4.65. The van der Waals surface area contributed by atoms with Gasteiger partial charge in [-0.1, -0.05) is 23.5 Å². The molecule has 0 spiro atoms. The molecule has 1 heterocycles. The molecule has 5 nitrogen and oxygen atoms in total. The maximum atomic E-state index is 13.1. The minimum absolute atomic E-state index is 0.0557. The molecule has 136 valence electrons. The lowest BCUT2D eigenvalue weighted by atomic mass is 9.99. The van der Waals surface area contributed by atoms with Gasteiger partial charge in [-0.25, -0.2) is 13.4 Å². The van der Waals surface area contributed by atoms with Gasteiger partial charge < -0.3 is 9.84 Å². The fourth-order valence-electron chi connectivity index (χ4n) is 2.51. The third kappa shape index (κ3) is 3.88. The van der Waals surface area contributed by atoms with E-state index >= 15 is 0 Å². The molecule has 1 aromatic heterocycles. The van der Waals surface area contributed by atoms with Gasteiger partial charge in [0.25, 0.3) is 5.19 Å². The molecular weight excluding hydrogens is 358 g/mol. The van der Waals surface area contributed by atoms with E-state index in [4.69, 9.17) is 4.74 Å². The van der Waals surface area contributed by atoms with E-state index < -0.39 is 15.4 Å². The minimum atomic E-state index is -3.66. The van der Waals surface area contributed by atoms with E-state index in [-0.39, 0.29) is 21.1 Å². The van der Waals surface area contributed by atoms with Gasteiger partial charge in [-0.05, 0) is 58.2 Å². The summed E-state index contributed by atoms with van der Waals surface area (Å²) in [7, 11) is -3.66. The van der Waals surface area contributed by atoms with E-state index in [1.165, 1.54) is 0 Å². The largest absolute Gasteiger partial charge is 0.467 e. The first kappa shape index (κ1) is 18.4. The Kier molecular flexibility index (Phi) is 4.68. The quantitative estimate of drug-likeness (QED) is 0.822. The summed E-state index contributed by atoms with van der Waals surface area (Å²) < 4.78 is 32.1. The van der Waals surface area contributed by atoms with Crippen LogP contribution in [0.2, 0.25) is 0 Å². The SMILES string of the molecule is CC(C)Oc1nc(C2CC2)c(S(=O)(=O)c2ccc(C(C)(C)O)cc2)s1. The molecule has 1 saturated carbocycles. The lowest BCUT2D eigenvalue weighted by Crippen LogP contribution is -2.15. The maximum absolute atomic E-state index is 13.1. The van der Waals surface area contributed by atoms with E-state index in [2.05, 4.69) is 4.98 Å². The Bertz CT molecular complexity index is 857. The van der Waals surface area contributed by atoms with Gasteiger partial charge in [0, 0.05) is 5.92 Å². The lowest BCUT2D eigenvalue weighted by molar-refractivity contribution is 0.0785. The second kappa shape index (κ2) is 6.37. The van der Waals surface area contributed by atoms with Gasteiger partial charge in [0.05, 0.1) is 22.3 Å². The highest BCUT2D eigenvalue weighted by Crippen LogP contribution is 2.47. The van der Waals surface area contributed by atoms with Gasteiger partial charge in [-0.2, -0.15) is 0 Å². The Morgan fingerprint density at radius 2 is 1.84 bits per heavy atom. The zero-order valence-electron chi connectivity index (χ0n) is 14.8. The van der Waals surface area contributed by atoms with E-state index in [0.717, 1.165) is 24.2 Å². The number of hydrogen-bond acceptors (Lipinski definition) is 6. The van der Waals surface area contributed by atoms with Crippen molar-refractivity contribution in [3.8, 4) is 5.19 Å². The lowest BCUT2D eigenvalue weighted by Gasteiger charge is -2.17. The molecule has 0 bridgehead atoms. The van der Waals surface area contributed by atoms with Crippen molar-refractivity contribution < 1.29 is 18.3 Å². The van der Waals surface area contributed by atoms with Crippen LogP contribution in [0.1, 0.15) is 57.7 Å². The summed E-state index contributed by atoms with van der Waals surface area (Å²) >= 11 is 1.10. The molecule has 2 aromatic rings. The molecule has 0 amide bonds. The molecular formula is C18H23NO4S2. The molecule has 1 aromatic carbocycles. The number of sulfone groups is 1. The fourth-order valence-corrected chi connectivity index (χ4v) is 5.50. The molecule has 0 radical (unpaired) electrons. The maximum Gasteiger partial charge on any atom is 0.274 e. The Labute approximate surface area is 152 Å². The number of hydrogen-bond donors (Lipinski definition) is 1. The van der Waals surface area contributed by atoms with Crippen LogP contribution < -0.4 is 4.74 Å². The molecule has 1 fully saturated rings. The van der Waals surface area contributed by atoms with Crippen LogP contribution in [0.4, 0.5) is 0 Å². The number of aromatic nitrogens is 1. The number of benzene rings is 1. The first-order chi connectivity index (χ1) is 11.6. The predicted molar refractivity (Wildman–Crippen MR) is 97.0 cm³/mol. The molecule has 0 saturated heterocycles. The standard InChI is InChI=1S/C18H23NO4S2/c1-11(2)23-17-19-15(12-5-6-12)16(24-17)25(21,22)14-9-7-13(8-10-14)18(3,4)20/h7-12,20H,5-6H2,1-4H3. The summed E-state index contributed by atoms with van der Waals surface area (Å²) in [6.07, 6.45) is 1.87. The summed E-state index contributed by atoms with van der Waals surface area (Å²) in [5.41, 5.74) is 0.291. The van der Waals surface area contributed by atoms with Gasteiger partial charge >= 0.3 is 0 Å². The Balaban J connectivity index is 2.00. The van der Waals surface area contributed by atoms with Gasteiger partial charge in [0.15, 0.2) is 4.21 Å². The highest BCUT2D eigenvalue weighted by Gasteiger charge is 2.36. The zero-order valence-corrected chi connectivity index (χ0v) is 16.4. The second-order valence-electron chi connectivity index (χ2n) is 7.18. The summed E-state index contributed by atoms with van der Waals surface area (Å²) in [6, 6.07) is 6.39. The molecule has 0 atom stereocenters. The van der Waals surface area contributed by atoms with Crippen LogP contribution in [0.3, 0.4) is 0 Å². The van der Waals surface area contributed by atoms with Gasteiger partial charge in [0.1, 0.15) is 0 Å². The number of thiazole rings is 1. The Morgan fingerprint density at radius 1 is 1.24 bits per heavy atom. The monoisotopic (exact) mass is 381 g/mol. The van der Waals surface area contributed by atoms with Crippen molar-refractivity contribution in [1.82, 2.24) is 4.98 Å². The van der Waals surface area contributed by atoms with Crippen LogP contribution >= 0.6 is 11.3 Å². The van der Waals surface area contributed by atoms with Crippen molar-refractivity contribution in [2.45, 2.75) is 67.3 Å². The first-order valence-electron chi connectivity index (χ1n) is 8.34. The Hall–Kier alpha value is -1.44. The molecule has 7 heteroatoms. The van der Waals surface area contributed by atoms with E-state index in [1.54, 1.807) is 38.1 Å². The van der Waals surface area contributed by atoms with E-state index in [1.807, 2.05) is 13.8 Å². The van der Waals surface area contributed by atoms with E-state index in [9.17, 15) is 13.5 Å². The molecule has 0 aliphatic heterocycles. The van der Waals surface area contributed by atoms with Crippen molar-refractivity contribution in [3.05, 3.63) is 35.5 Å². The zero-order chi connectivity index (χ0) is 18.4. The van der Waals surface area contributed by atoms with Crippen molar-refractivity contribution in [1.29, 1.82) is 0 Å². The van der Waals surface area contributed by atoms with Gasteiger partial charge in [0.2, 0.25) is 9.84 Å². The third-order valence-electron chi connectivity index (χ3n) is 4.02. The Morgan fingerprint density at radius 3 is 2.32 bits per heavy atom. The summed E-state index contributed by atoms with van der Waals surface area (Å²) in [5.74, 6) is 0.209. The van der Waals surface area contributed by atoms with Crippen molar-refractivity contribution in [3.63, 3.8) is 0 Å². The average molecular weight is 382 g/mol. The fraction of sp³-hybridized carbons (Fsp3) is 0.500. The third-order valence-corrected chi connectivity index (χ3v) is 7.27. The van der Waals surface area contributed by atoms with Crippen LogP contribution in [0.25, 0.3) is 0 Å². The molecule has 1 aliphatic carbocycles. The smallest absolute Gasteiger partial charge is 0.274 e. The first-order valence-corrected chi connectivity index (χ1v) is 10.6. The number of ether oxygens (including phenoxy) is 1. The van der Waals surface area contributed by atoms with Crippen molar-refractivity contribution >= 4 is 21.2 Å². The minimum Gasteiger partial charge on any atom is -0.467 e. The molecule has 0 unspecified atom stereocenters. The predicted octanol–water partition coefficient (Wildman–Crippen LogP) is 3.87. The van der Waals surface area contributed by atoms with Crippen LogP contribution in [-0.2, 0) is 15.4 Å². The molecule has 1 N–H and O–H groups in total. The van der Waals surface area contributed by atoms with E-state index in [0.29, 0.717) is 16.5 Å². The van der Waals surface area contributed by atoms with Gasteiger partial charge in [-0.3, -0.25) is 0 Å². The highest BCUT2D eigenvalue weighted by atomic mass is 32.2. The summed E-state index contributed by atoms with van der Waals surface area (Å²) in [5, 5.41) is 10.4. The second-order valence-corrected chi connectivity index (χ2v) is 10.3. The molecule has 3 rings (SSSR count). The van der Waals surface area contributed by atoms with Gasteiger partial charge in [-0.15, -0.1) is 0 Å². The molecule has 1 aliphatic rings. The van der Waals surface area contributed by atoms with Crippen LogP contribution in [-0.4, -0.2) is 24.6 Å². The van der Waals surface area contributed by atoms with Crippen LogP contribution in [0.15, 0.2) is 33.4 Å². The average Bonchev–Trinajstić information content (AvgIpc) is 3.27. The van der Waals surface area contributed by atoms with Crippen LogP contribution in [0.5, 0.6) is 5.19 Å². The number of aliphatic hydroxyl groups is 1. The van der Waals surface area contributed by atoms with Crippen LogP contribution in [0, 0.1) is 0 Å². The number of rotatable bonds is 6. The molecule has 25 heavy (non-hydrogen) atoms. The van der Waals surface area contributed by atoms with Crippen molar-refractivity contribution in [2.75, 3.05) is 0 Å². The topological polar surface area (TPSA) is 76.5 Å². The van der Waals surface area contributed by atoms with Crippen molar-refractivity contribution in [2.24, 2.45) is 0 Å². The summed E-state index contributed by atoms with van der Waals surface area (Å²) in [6.45, 7) is 7.12.